The Morgan fingerprint density at radius 1 is 1.52 bits per heavy atom. The lowest BCUT2D eigenvalue weighted by molar-refractivity contribution is -0.131. The van der Waals surface area contributed by atoms with Crippen molar-refractivity contribution in [2.75, 3.05) is 20.8 Å². The molecule has 0 saturated carbocycles. The van der Waals surface area contributed by atoms with Crippen LogP contribution in [0.3, 0.4) is 0 Å². The van der Waals surface area contributed by atoms with Gasteiger partial charge in [0.2, 0.25) is 11.5 Å². The molecule has 1 aromatic rings. The molecule has 1 aromatic heterocycles. The number of ether oxygens (including phenoxy) is 3. The minimum absolute atomic E-state index is 0.206. The Hall–Kier alpha value is -2.37. The summed E-state index contributed by atoms with van der Waals surface area (Å²) >= 11 is 0. The third kappa shape index (κ3) is 2.81. The molecule has 3 N–H and O–H groups in total. The maximum atomic E-state index is 11.9. The molecule has 2 heterocycles. The number of rotatable bonds is 5. The van der Waals surface area contributed by atoms with E-state index in [9.17, 15) is 19.8 Å². The highest BCUT2D eigenvalue weighted by Crippen LogP contribution is 2.38. The number of methoxy groups -OCH3 is 2. The van der Waals surface area contributed by atoms with Gasteiger partial charge in [-0.2, -0.15) is 0 Å². The minimum atomic E-state index is -1.92. The van der Waals surface area contributed by atoms with E-state index in [2.05, 4.69) is 10.0 Å². The molecule has 2 rings (SSSR count). The van der Waals surface area contributed by atoms with Crippen molar-refractivity contribution in [2.45, 2.75) is 24.2 Å². The second-order valence-electron chi connectivity index (χ2n) is 4.78. The van der Waals surface area contributed by atoms with Crippen molar-refractivity contribution in [2.24, 2.45) is 5.11 Å². The van der Waals surface area contributed by atoms with E-state index < -0.39 is 35.4 Å². The third-order valence-corrected chi connectivity index (χ3v) is 3.40. The first-order valence-electron chi connectivity index (χ1n) is 6.38. The van der Waals surface area contributed by atoms with Gasteiger partial charge in [0.1, 0.15) is 12.2 Å². The van der Waals surface area contributed by atoms with Crippen LogP contribution in [0.2, 0.25) is 0 Å². The Balaban J connectivity index is 2.51. The predicted octanol–water partition coefficient (Wildman–Crippen LogP) is -1.55. The van der Waals surface area contributed by atoms with Gasteiger partial charge in [-0.05, 0) is 5.53 Å². The monoisotopic (exact) mass is 329 g/mol. The summed E-state index contributed by atoms with van der Waals surface area (Å²) < 4.78 is 15.9. The zero-order valence-electron chi connectivity index (χ0n) is 12.2. The van der Waals surface area contributed by atoms with Crippen LogP contribution in [0.5, 0.6) is 5.75 Å². The molecule has 12 nitrogen and oxygen atoms in total. The second kappa shape index (κ2) is 6.40. The average molecular weight is 329 g/mol. The third-order valence-electron chi connectivity index (χ3n) is 3.40. The number of aromatic nitrogens is 2. The minimum Gasteiger partial charge on any atom is -0.490 e. The maximum Gasteiger partial charge on any atom is 0.330 e. The molecular weight excluding hydrogens is 314 g/mol. The Kier molecular flexibility index (Phi) is 4.73. The maximum absolute atomic E-state index is 11.9. The van der Waals surface area contributed by atoms with Crippen LogP contribution < -0.4 is 16.0 Å². The van der Waals surface area contributed by atoms with Crippen molar-refractivity contribution >= 4 is 0 Å². The molecule has 0 amide bonds. The van der Waals surface area contributed by atoms with E-state index in [0.29, 0.717) is 0 Å². The van der Waals surface area contributed by atoms with Gasteiger partial charge >= 0.3 is 5.69 Å². The molecule has 4 atom stereocenters. The first-order valence-corrected chi connectivity index (χ1v) is 6.38. The quantitative estimate of drug-likeness (QED) is 0.333. The van der Waals surface area contributed by atoms with Gasteiger partial charge in [-0.15, -0.1) is 0 Å². The number of aliphatic hydroxyl groups excluding tert-OH is 2. The largest absolute Gasteiger partial charge is 0.490 e. The fourth-order valence-corrected chi connectivity index (χ4v) is 2.31. The van der Waals surface area contributed by atoms with Gasteiger partial charge in [0, 0.05) is 12.0 Å². The summed E-state index contributed by atoms with van der Waals surface area (Å²) in [5.74, 6) is -0.206. The summed E-state index contributed by atoms with van der Waals surface area (Å²) in [6.07, 6.45) is -3.69. The zero-order chi connectivity index (χ0) is 17.2. The molecular formula is C11H15N5O7. The fraction of sp³-hybridized carbons (Fsp3) is 0.636. The van der Waals surface area contributed by atoms with E-state index in [1.54, 1.807) is 0 Å². The number of hydrogen-bond donors (Lipinski definition) is 3. The van der Waals surface area contributed by atoms with E-state index >= 15 is 0 Å². The molecule has 1 unspecified atom stereocenters. The highest BCUT2D eigenvalue weighted by atomic mass is 16.6. The van der Waals surface area contributed by atoms with E-state index in [0.717, 1.165) is 10.8 Å². The van der Waals surface area contributed by atoms with Gasteiger partial charge in [0.05, 0.1) is 19.9 Å². The van der Waals surface area contributed by atoms with Gasteiger partial charge < -0.3 is 24.4 Å². The molecule has 12 heteroatoms. The van der Waals surface area contributed by atoms with E-state index in [-0.39, 0.29) is 12.4 Å². The van der Waals surface area contributed by atoms with Gasteiger partial charge in [-0.25, -0.2) is 4.79 Å². The van der Waals surface area contributed by atoms with Crippen molar-refractivity contribution < 1.29 is 24.4 Å². The predicted molar refractivity (Wildman–Crippen MR) is 73.8 cm³/mol. The molecule has 1 saturated heterocycles. The Morgan fingerprint density at radius 2 is 2.22 bits per heavy atom. The van der Waals surface area contributed by atoms with Crippen molar-refractivity contribution in [3.63, 3.8) is 0 Å². The molecule has 23 heavy (non-hydrogen) atoms. The number of nitrogens with one attached hydrogen (secondary N) is 1. The smallest absolute Gasteiger partial charge is 0.330 e. The van der Waals surface area contributed by atoms with Crippen LogP contribution >= 0.6 is 0 Å². The Morgan fingerprint density at radius 3 is 2.78 bits per heavy atom. The zero-order valence-corrected chi connectivity index (χ0v) is 12.2. The lowest BCUT2D eigenvalue weighted by Gasteiger charge is -2.25. The van der Waals surface area contributed by atoms with Crippen LogP contribution in [0.1, 0.15) is 6.23 Å². The molecule has 1 fully saturated rings. The number of aliphatic hydroxyl groups is 2. The van der Waals surface area contributed by atoms with Gasteiger partial charge in [0.15, 0.2) is 6.23 Å². The lowest BCUT2D eigenvalue weighted by atomic mass is 10.1. The first kappa shape index (κ1) is 17.0. The number of aromatic amines is 1. The van der Waals surface area contributed by atoms with Gasteiger partial charge in [0.25, 0.3) is 5.56 Å². The molecule has 1 aliphatic heterocycles. The number of azide groups is 1. The molecule has 0 bridgehead atoms. The Bertz CT molecular complexity index is 739. The van der Waals surface area contributed by atoms with Gasteiger partial charge in [-0.3, -0.25) is 14.3 Å². The Labute approximate surface area is 128 Å². The van der Waals surface area contributed by atoms with Crippen LogP contribution in [0.4, 0.5) is 0 Å². The summed E-state index contributed by atoms with van der Waals surface area (Å²) in [5.41, 5.74) is 5.06. The normalized spacial score (nSPS) is 30.0. The van der Waals surface area contributed by atoms with Crippen molar-refractivity contribution in [3.05, 3.63) is 37.5 Å². The molecule has 0 aromatic carbocycles. The number of hydrogen-bond acceptors (Lipinski definition) is 8. The summed E-state index contributed by atoms with van der Waals surface area (Å²) in [5, 5.41) is 23.6. The summed E-state index contributed by atoms with van der Waals surface area (Å²) in [6.45, 7) is -0.360. The number of nitrogens with zero attached hydrogens (tertiary/aromatic N) is 4. The fourth-order valence-electron chi connectivity index (χ4n) is 2.31. The average Bonchev–Trinajstić information content (AvgIpc) is 2.74. The molecule has 0 aliphatic carbocycles. The SMILES string of the molecule is COC[C@@]1(N=[N+]=[N-])O[C@@H](n2cc(OC)c(=O)[nH]c2=O)[C@@H](O)C1O. The van der Waals surface area contributed by atoms with Crippen molar-refractivity contribution in [3.8, 4) is 5.75 Å². The highest BCUT2D eigenvalue weighted by molar-refractivity contribution is 5.13. The summed E-state index contributed by atoms with van der Waals surface area (Å²) in [7, 11) is 2.50. The van der Waals surface area contributed by atoms with Crippen LogP contribution in [0, 0.1) is 0 Å². The lowest BCUT2D eigenvalue weighted by Crippen LogP contribution is -2.44. The molecule has 1 aliphatic rings. The molecule has 126 valence electrons. The van der Waals surface area contributed by atoms with Gasteiger partial charge in [-0.1, -0.05) is 5.11 Å². The van der Waals surface area contributed by atoms with E-state index in [1.165, 1.54) is 14.2 Å². The van der Waals surface area contributed by atoms with Crippen LogP contribution in [0.25, 0.3) is 10.4 Å². The van der Waals surface area contributed by atoms with Crippen molar-refractivity contribution in [1.29, 1.82) is 0 Å². The number of H-pyrrole nitrogens is 1. The standard InChI is InChI=1S/C11H15N5O7/c1-21-4-11(14-15-12)7(18)6(17)9(23-11)16-3-5(22-2)8(19)13-10(16)20/h3,6-7,9,17-18H,4H2,1-2H3,(H,13,19,20)/t6-,7?,9+,11+/m0/s1. The topological polar surface area (TPSA) is 172 Å². The van der Waals surface area contributed by atoms with Crippen LogP contribution in [0.15, 0.2) is 20.9 Å². The van der Waals surface area contributed by atoms with Crippen LogP contribution in [-0.2, 0) is 9.47 Å². The second-order valence-corrected chi connectivity index (χ2v) is 4.78. The summed E-state index contributed by atoms with van der Waals surface area (Å²) in [4.78, 5) is 28.0. The molecule has 0 radical (unpaired) electrons. The first-order chi connectivity index (χ1) is 10.9. The highest BCUT2D eigenvalue weighted by Gasteiger charge is 2.55. The summed E-state index contributed by atoms with van der Waals surface area (Å²) in [6, 6.07) is 0. The molecule has 0 spiro atoms. The van der Waals surface area contributed by atoms with Crippen LogP contribution in [-0.4, -0.2) is 58.5 Å². The van der Waals surface area contributed by atoms with E-state index in [4.69, 9.17) is 19.7 Å². The van der Waals surface area contributed by atoms with Crippen molar-refractivity contribution in [1.82, 2.24) is 9.55 Å². The van der Waals surface area contributed by atoms with E-state index in [1.807, 2.05) is 4.98 Å².